The summed E-state index contributed by atoms with van der Waals surface area (Å²) in [6.07, 6.45) is 3.57. The minimum absolute atomic E-state index is 0.101. The Kier molecular flexibility index (Phi) is 3.80. The number of allylic oxidation sites excluding steroid dienone is 3. The van der Waals surface area contributed by atoms with E-state index in [1.165, 1.54) is 0 Å². The summed E-state index contributed by atoms with van der Waals surface area (Å²) in [5.74, 6) is 0. The maximum absolute atomic E-state index is 8.51. The minimum atomic E-state index is 0.101. The van der Waals surface area contributed by atoms with Crippen molar-refractivity contribution in [3.8, 4) is 0 Å². The lowest BCUT2D eigenvalue weighted by atomic mass is 10.3. The van der Waals surface area contributed by atoms with E-state index in [0.29, 0.717) is 0 Å². The van der Waals surface area contributed by atoms with Crippen molar-refractivity contribution in [1.29, 1.82) is 0 Å². The molecule has 0 aliphatic rings. The summed E-state index contributed by atoms with van der Waals surface area (Å²) in [5.41, 5.74) is 7.00. The third-order valence-electron chi connectivity index (χ3n) is 0.880. The molecule has 0 saturated carbocycles. The molecule has 0 spiro atoms. The van der Waals surface area contributed by atoms with Gasteiger partial charge in [0.1, 0.15) is 0 Å². The Balaban J connectivity index is 3.83. The van der Waals surface area contributed by atoms with Crippen LogP contribution in [0.3, 0.4) is 0 Å². The zero-order valence-electron chi connectivity index (χ0n) is 5.89. The van der Waals surface area contributed by atoms with Crippen LogP contribution in [0.15, 0.2) is 23.4 Å². The summed E-state index contributed by atoms with van der Waals surface area (Å²) >= 11 is 0. The monoisotopic (exact) mass is 127 g/mol. The SMILES string of the molecule is C/C(N)=C\C=C(/C)CO. The molecule has 0 unspecified atom stereocenters. The standard InChI is InChI=1S/C7H13NO/c1-6(5-9)3-4-7(2)8/h3-4,9H,5,8H2,1-2H3/b6-3+,7-4+. The molecule has 0 amide bonds. The molecule has 52 valence electrons. The molecular formula is C7H13NO. The number of nitrogens with two attached hydrogens (primary N) is 1. The highest BCUT2D eigenvalue weighted by Gasteiger charge is 1.79. The summed E-state index contributed by atoms with van der Waals surface area (Å²) in [4.78, 5) is 0. The molecule has 0 aliphatic heterocycles. The molecule has 0 aromatic rings. The largest absolute Gasteiger partial charge is 0.402 e. The smallest absolute Gasteiger partial charge is 0.0642 e. The Morgan fingerprint density at radius 1 is 1.44 bits per heavy atom. The topological polar surface area (TPSA) is 46.2 Å². The van der Waals surface area contributed by atoms with Crippen LogP contribution >= 0.6 is 0 Å². The predicted octanol–water partition coefficient (Wildman–Crippen LogP) is 0.788. The average molecular weight is 127 g/mol. The van der Waals surface area contributed by atoms with Gasteiger partial charge in [0.15, 0.2) is 0 Å². The van der Waals surface area contributed by atoms with Crippen LogP contribution in [0, 0.1) is 0 Å². The van der Waals surface area contributed by atoms with E-state index >= 15 is 0 Å². The van der Waals surface area contributed by atoms with Gasteiger partial charge in [-0.05, 0) is 25.5 Å². The molecule has 0 saturated heterocycles. The first-order valence-corrected chi connectivity index (χ1v) is 2.87. The van der Waals surface area contributed by atoms with Gasteiger partial charge in [0.2, 0.25) is 0 Å². The van der Waals surface area contributed by atoms with Crippen molar-refractivity contribution in [2.45, 2.75) is 13.8 Å². The van der Waals surface area contributed by atoms with E-state index < -0.39 is 0 Å². The van der Waals surface area contributed by atoms with E-state index in [-0.39, 0.29) is 6.61 Å². The van der Waals surface area contributed by atoms with E-state index in [1.807, 2.05) is 6.92 Å². The van der Waals surface area contributed by atoms with Crippen LogP contribution in [0.1, 0.15) is 13.8 Å². The lowest BCUT2D eigenvalue weighted by molar-refractivity contribution is 0.331. The Hall–Kier alpha value is -0.760. The second-order valence-corrected chi connectivity index (χ2v) is 2.08. The number of rotatable bonds is 2. The van der Waals surface area contributed by atoms with Crippen LogP contribution in [0.5, 0.6) is 0 Å². The summed E-state index contributed by atoms with van der Waals surface area (Å²) in [6, 6.07) is 0. The normalized spacial score (nSPS) is 14.1. The number of aliphatic hydroxyl groups is 1. The zero-order valence-corrected chi connectivity index (χ0v) is 5.89. The van der Waals surface area contributed by atoms with Gasteiger partial charge in [0.25, 0.3) is 0 Å². The van der Waals surface area contributed by atoms with Gasteiger partial charge in [0.05, 0.1) is 6.61 Å². The highest BCUT2D eigenvalue weighted by atomic mass is 16.3. The van der Waals surface area contributed by atoms with Gasteiger partial charge in [-0.2, -0.15) is 0 Å². The Bertz CT molecular complexity index is 132. The van der Waals surface area contributed by atoms with Crippen LogP contribution in [0.2, 0.25) is 0 Å². The van der Waals surface area contributed by atoms with Crippen molar-refractivity contribution in [3.63, 3.8) is 0 Å². The number of hydrogen-bond acceptors (Lipinski definition) is 2. The summed E-state index contributed by atoms with van der Waals surface area (Å²) < 4.78 is 0. The van der Waals surface area contributed by atoms with Crippen LogP contribution in [-0.2, 0) is 0 Å². The Labute approximate surface area is 55.7 Å². The summed E-state index contributed by atoms with van der Waals surface area (Å²) in [6.45, 7) is 3.75. The van der Waals surface area contributed by atoms with E-state index in [2.05, 4.69) is 0 Å². The lowest BCUT2D eigenvalue weighted by Gasteiger charge is -1.89. The average Bonchev–Trinajstić information content (AvgIpc) is 1.83. The van der Waals surface area contributed by atoms with Gasteiger partial charge in [-0.15, -0.1) is 0 Å². The Morgan fingerprint density at radius 3 is 2.33 bits per heavy atom. The number of aliphatic hydroxyl groups excluding tert-OH is 1. The lowest BCUT2D eigenvalue weighted by Crippen LogP contribution is -1.89. The highest BCUT2D eigenvalue weighted by molar-refractivity contribution is 5.13. The first-order chi connectivity index (χ1) is 4.16. The Morgan fingerprint density at radius 2 is 2.00 bits per heavy atom. The van der Waals surface area contributed by atoms with Gasteiger partial charge in [0, 0.05) is 5.70 Å². The van der Waals surface area contributed by atoms with Gasteiger partial charge in [-0.3, -0.25) is 0 Å². The molecule has 0 radical (unpaired) electrons. The van der Waals surface area contributed by atoms with Crippen LogP contribution < -0.4 is 5.73 Å². The van der Waals surface area contributed by atoms with Crippen LogP contribution in [0.25, 0.3) is 0 Å². The van der Waals surface area contributed by atoms with Crippen molar-refractivity contribution >= 4 is 0 Å². The fourth-order valence-electron chi connectivity index (χ4n) is 0.326. The molecule has 0 rings (SSSR count). The fourth-order valence-corrected chi connectivity index (χ4v) is 0.326. The minimum Gasteiger partial charge on any atom is -0.402 e. The first kappa shape index (κ1) is 8.24. The summed E-state index contributed by atoms with van der Waals surface area (Å²) in [5, 5.41) is 8.51. The highest BCUT2D eigenvalue weighted by Crippen LogP contribution is 1.91. The maximum atomic E-state index is 8.51. The van der Waals surface area contributed by atoms with E-state index in [0.717, 1.165) is 11.3 Å². The molecule has 0 aromatic carbocycles. The predicted molar refractivity (Wildman–Crippen MR) is 38.8 cm³/mol. The van der Waals surface area contributed by atoms with E-state index in [9.17, 15) is 0 Å². The first-order valence-electron chi connectivity index (χ1n) is 2.87. The number of hydrogen-bond donors (Lipinski definition) is 2. The van der Waals surface area contributed by atoms with Crippen molar-refractivity contribution in [1.82, 2.24) is 0 Å². The third kappa shape index (κ3) is 5.11. The van der Waals surface area contributed by atoms with Crippen molar-refractivity contribution in [2.24, 2.45) is 5.73 Å². The van der Waals surface area contributed by atoms with Crippen molar-refractivity contribution < 1.29 is 5.11 Å². The van der Waals surface area contributed by atoms with Gasteiger partial charge in [-0.25, -0.2) is 0 Å². The molecule has 2 nitrogen and oxygen atoms in total. The molecule has 0 atom stereocenters. The summed E-state index contributed by atoms with van der Waals surface area (Å²) in [7, 11) is 0. The second-order valence-electron chi connectivity index (χ2n) is 2.08. The zero-order chi connectivity index (χ0) is 7.28. The van der Waals surface area contributed by atoms with Crippen molar-refractivity contribution in [2.75, 3.05) is 6.61 Å². The maximum Gasteiger partial charge on any atom is 0.0642 e. The van der Waals surface area contributed by atoms with E-state index in [4.69, 9.17) is 10.8 Å². The quantitative estimate of drug-likeness (QED) is 0.539. The fraction of sp³-hybridized carbons (Fsp3) is 0.429. The molecular weight excluding hydrogens is 114 g/mol. The van der Waals surface area contributed by atoms with Crippen LogP contribution in [-0.4, -0.2) is 11.7 Å². The molecule has 0 aliphatic carbocycles. The van der Waals surface area contributed by atoms with Gasteiger partial charge in [-0.1, -0.05) is 6.08 Å². The third-order valence-corrected chi connectivity index (χ3v) is 0.880. The molecule has 0 fully saturated rings. The van der Waals surface area contributed by atoms with Crippen LogP contribution in [0.4, 0.5) is 0 Å². The second kappa shape index (κ2) is 4.15. The molecule has 9 heavy (non-hydrogen) atoms. The van der Waals surface area contributed by atoms with E-state index in [1.54, 1.807) is 19.1 Å². The molecule has 0 aromatic heterocycles. The molecule has 3 N–H and O–H groups in total. The van der Waals surface area contributed by atoms with Gasteiger partial charge >= 0.3 is 0 Å². The van der Waals surface area contributed by atoms with Gasteiger partial charge < -0.3 is 10.8 Å². The molecule has 0 bridgehead atoms. The van der Waals surface area contributed by atoms with Crippen molar-refractivity contribution in [3.05, 3.63) is 23.4 Å². The molecule has 0 heterocycles. The molecule has 2 heteroatoms.